The van der Waals surface area contributed by atoms with Gasteiger partial charge in [-0.3, -0.25) is 0 Å². The van der Waals surface area contributed by atoms with Gasteiger partial charge in [0.25, 0.3) is 0 Å². The Bertz CT molecular complexity index is 633. The molecule has 1 aliphatic rings. The van der Waals surface area contributed by atoms with Crippen LogP contribution in [0.5, 0.6) is 0 Å². The highest BCUT2D eigenvalue weighted by Gasteiger charge is 2.10. The molecule has 3 rings (SSSR count). The molecule has 7 heteroatoms. The lowest BCUT2D eigenvalue weighted by molar-refractivity contribution is 0.161. The van der Waals surface area contributed by atoms with E-state index in [2.05, 4.69) is 31.6 Å². The van der Waals surface area contributed by atoms with Gasteiger partial charge in [0.1, 0.15) is 5.82 Å². The minimum absolute atomic E-state index is 0. The first kappa shape index (κ1) is 17.5. The number of hydrogen-bond donors (Lipinski definition) is 1. The minimum atomic E-state index is 0. The molecular formula is C16H20ClN5O. The predicted octanol–water partition coefficient (Wildman–Crippen LogP) is 2.34. The maximum atomic E-state index is 5.31. The van der Waals surface area contributed by atoms with Gasteiger partial charge in [-0.15, -0.1) is 12.4 Å². The third kappa shape index (κ3) is 4.79. The fourth-order valence-corrected chi connectivity index (χ4v) is 2.27. The van der Waals surface area contributed by atoms with Crippen molar-refractivity contribution < 1.29 is 4.74 Å². The Labute approximate surface area is 141 Å². The Hall–Kier alpha value is -1.89. The second-order valence-corrected chi connectivity index (χ2v) is 5.17. The van der Waals surface area contributed by atoms with Crippen molar-refractivity contribution in [3.63, 3.8) is 0 Å². The van der Waals surface area contributed by atoms with Gasteiger partial charge in [0, 0.05) is 18.9 Å². The summed E-state index contributed by atoms with van der Waals surface area (Å²) in [7, 11) is 0. The van der Waals surface area contributed by atoms with Gasteiger partial charge in [0.15, 0.2) is 0 Å². The summed E-state index contributed by atoms with van der Waals surface area (Å²) in [6, 6.07) is 5.90. The molecular weight excluding hydrogens is 314 g/mol. The first-order valence-corrected chi connectivity index (χ1v) is 7.43. The Kier molecular flexibility index (Phi) is 6.58. The summed E-state index contributed by atoms with van der Waals surface area (Å²) in [4.78, 5) is 8.47. The quantitative estimate of drug-likeness (QED) is 0.905. The monoisotopic (exact) mass is 333 g/mol. The average molecular weight is 334 g/mol. The van der Waals surface area contributed by atoms with Crippen LogP contribution in [0.4, 0.5) is 0 Å². The van der Waals surface area contributed by atoms with E-state index in [9.17, 15) is 0 Å². The van der Waals surface area contributed by atoms with Crippen molar-refractivity contribution in [3.8, 4) is 0 Å². The topological polar surface area (TPSA) is 72.8 Å². The van der Waals surface area contributed by atoms with E-state index < -0.39 is 0 Å². The summed E-state index contributed by atoms with van der Waals surface area (Å²) in [5, 5.41) is 11.9. The Balaban J connectivity index is 0.00000192. The maximum absolute atomic E-state index is 5.31. The molecule has 2 aromatic rings. The molecule has 0 bridgehead atoms. The molecule has 0 radical (unpaired) electrons. The number of halogens is 1. The summed E-state index contributed by atoms with van der Waals surface area (Å²) < 4.78 is 5.31. The molecule has 0 fully saturated rings. The summed E-state index contributed by atoms with van der Waals surface area (Å²) >= 11 is 0. The molecule has 122 valence electrons. The fraction of sp³-hybridized carbons (Fsp3) is 0.375. The van der Waals surface area contributed by atoms with E-state index >= 15 is 0 Å². The van der Waals surface area contributed by atoms with E-state index in [0.717, 1.165) is 30.2 Å². The second-order valence-electron chi connectivity index (χ2n) is 5.17. The lowest BCUT2D eigenvalue weighted by Gasteiger charge is -2.13. The van der Waals surface area contributed by atoms with Gasteiger partial charge in [-0.25, -0.2) is 9.97 Å². The molecule has 3 heterocycles. The van der Waals surface area contributed by atoms with E-state index in [1.807, 2.05) is 25.1 Å². The molecule has 23 heavy (non-hydrogen) atoms. The highest BCUT2D eigenvalue weighted by Crippen LogP contribution is 2.18. The molecule has 0 aromatic carbocycles. The van der Waals surface area contributed by atoms with Crippen LogP contribution in [0.2, 0.25) is 0 Å². The zero-order chi connectivity index (χ0) is 15.2. The SMILES string of the molecule is CC(NCc1ccc(C2=CCOCC2)nn1)c1ncccn1.Cl. The Morgan fingerprint density at radius 2 is 2.04 bits per heavy atom. The number of nitrogens with one attached hydrogen (secondary N) is 1. The molecule has 1 N–H and O–H groups in total. The zero-order valence-corrected chi connectivity index (χ0v) is 13.8. The van der Waals surface area contributed by atoms with Crippen LogP contribution >= 0.6 is 12.4 Å². The van der Waals surface area contributed by atoms with Crippen molar-refractivity contribution in [1.29, 1.82) is 0 Å². The van der Waals surface area contributed by atoms with Crippen molar-refractivity contribution in [1.82, 2.24) is 25.5 Å². The van der Waals surface area contributed by atoms with Gasteiger partial charge in [0.05, 0.1) is 30.6 Å². The van der Waals surface area contributed by atoms with E-state index in [0.29, 0.717) is 13.2 Å². The average Bonchev–Trinajstić information content (AvgIpc) is 2.61. The van der Waals surface area contributed by atoms with Crippen LogP contribution in [0, 0.1) is 0 Å². The molecule has 0 saturated heterocycles. The fourth-order valence-electron chi connectivity index (χ4n) is 2.27. The molecule has 1 atom stereocenters. The summed E-state index contributed by atoms with van der Waals surface area (Å²) in [6.45, 7) is 4.08. The summed E-state index contributed by atoms with van der Waals surface area (Å²) in [5.41, 5.74) is 3.05. The Morgan fingerprint density at radius 3 is 2.70 bits per heavy atom. The van der Waals surface area contributed by atoms with Crippen molar-refractivity contribution in [3.05, 3.63) is 53.9 Å². The first-order valence-electron chi connectivity index (χ1n) is 7.43. The summed E-state index contributed by atoms with van der Waals surface area (Å²) in [6.07, 6.45) is 6.46. The second kappa shape index (κ2) is 8.67. The normalized spacial score (nSPS) is 15.4. The van der Waals surface area contributed by atoms with Crippen LogP contribution in [-0.4, -0.2) is 33.4 Å². The van der Waals surface area contributed by atoms with Crippen molar-refractivity contribution in [2.45, 2.75) is 25.9 Å². The summed E-state index contributed by atoms with van der Waals surface area (Å²) in [5.74, 6) is 0.777. The largest absolute Gasteiger partial charge is 0.377 e. The highest BCUT2D eigenvalue weighted by molar-refractivity contribution is 5.85. The molecule has 2 aromatic heterocycles. The van der Waals surface area contributed by atoms with E-state index in [1.165, 1.54) is 5.57 Å². The third-order valence-electron chi connectivity index (χ3n) is 3.57. The van der Waals surface area contributed by atoms with Crippen LogP contribution < -0.4 is 5.32 Å². The van der Waals surface area contributed by atoms with Crippen LogP contribution in [0.15, 0.2) is 36.7 Å². The molecule has 0 aliphatic carbocycles. The number of ether oxygens (including phenoxy) is 1. The lowest BCUT2D eigenvalue weighted by atomic mass is 10.1. The van der Waals surface area contributed by atoms with Gasteiger partial charge in [-0.2, -0.15) is 10.2 Å². The van der Waals surface area contributed by atoms with Crippen LogP contribution in [-0.2, 0) is 11.3 Å². The van der Waals surface area contributed by atoms with E-state index in [4.69, 9.17) is 4.74 Å². The molecule has 0 spiro atoms. The molecule has 1 aliphatic heterocycles. The smallest absolute Gasteiger partial charge is 0.144 e. The van der Waals surface area contributed by atoms with Gasteiger partial charge in [-0.05, 0) is 37.1 Å². The first-order chi connectivity index (χ1) is 10.8. The van der Waals surface area contributed by atoms with Crippen molar-refractivity contribution >= 4 is 18.0 Å². The predicted molar refractivity (Wildman–Crippen MR) is 90.0 cm³/mol. The van der Waals surface area contributed by atoms with Gasteiger partial charge >= 0.3 is 0 Å². The van der Waals surface area contributed by atoms with Gasteiger partial charge in [-0.1, -0.05) is 6.08 Å². The standard InChI is InChI=1S/C16H19N5O.ClH/c1-12(16-17-7-2-8-18-16)19-11-14-3-4-15(21-20-14)13-5-9-22-10-6-13;/h2-5,7-8,12,19H,6,9-11H2,1H3;1H. The molecule has 0 saturated carbocycles. The van der Waals surface area contributed by atoms with Crippen LogP contribution in [0.1, 0.15) is 36.6 Å². The molecule has 6 nitrogen and oxygen atoms in total. The van der Waals surface area contributed by atoms with E-state index in [-0.39, 0.29) is 18.4 Å². The molecule has 0 amide bonds. The lowest BCUT2D eigenvalue weighted by Crippen LogP contribution is -2.21. The Morgan fingerprint density at radius 1 is 1.22 bits per heavy atom. The minimum Gasteiger partial charge on any atom is -0.377 e. The van der Waals surface area contributed by atoms with E-state index in [1.54, 1.807) is 12.4 Å². The zero-order valence-electron chi connectivity index (χ0n) is 13.0. The maximum Gasteiger partial charge on any atom is 0.144 e. The third-order valence-corrected chi connectivity index (χ3v) is 3.57. The molecule has 1 unspecified atom stereocenters. The van der Waals surface area contributed by atoms with Crippen molar-refractivity contribution in [2.24, 2.45) is 0 Å². The van der Waals surface area contributed by atoms with Gasteiger partial charge in [0.2, 0.25) is 0 Å². The number of nitrogens with zero attached hydrogens (tertiary/aromatic N) is 4. The van der Waals surface area contributed by atoms with Crippen LogP contribution in [0.25, 0.3) is 5.57 Å². The van der Waals surface area contributed by atoms with Crippen molar-refractivity contribution in [2.75, 3.05) is 13.2 Å². The number of aromatic nitrogens is 4. The van der Waals surface area contributed by atoms with Gasteiger partial charge < -0.3 is 10.1 Å². The number of rotatable bonds is 5. The highest BCUT2D eigenvalue weighted by atomic mass is 35.5. The van der Waals surface area contributed by atoms with Crippen LogP contribution in [0.3, 0.4) is 0 Å². The number of hydrogen-bond acceptors (Lipinski definition) is 6.